The number of rotatable bonds is 9. The summed E-state index contributed by atoms with van der Waals surface area (Å²) in [6.45, 7) is 26.4. The molecule has 1 aromatic carbocycles. The van der Waals surface area contributed by atoms with E-state index in [0.717, 1.165) is 75.5 Å². The minimum Gasteiger partial charge on any atom is -0.481 e. The Morgan fingerprint density at radius 2 is 1.53 bits per heavy atom. The van der Waals surface area contributed by atoms with Gasteiger partial charge < -0.3 is 14.6 Å². The molecule has 8 heteroatoms. The Hall–Kier alpha value is -3.29. The molecular weight excluding hydrogens is 727 g/mol. The number of esters is 2. The molecule has 0 saturated heterocycles. The third-order valence-electron chi connectivity index (χ3n) is 18.6. The number of hydrogen-bond donors (Lipinski definition) is 1. The topological polar surface area (TPSA) is 119 Å². The number of ether oxygens (including phenoxy) is 2. The predicted octanol–water partition coefficient (Wildman–Crippen LogP) is 10.8. The van der Waals surface area contributed by atoms with Crippen LogP contribution >= 0.6 is 0 Å². The smallest absolute Gasteiger partial charge is 0.310 e. The van der Waals surface area contributed by atoms with Crippen molar-refractivity contribution in [2.75, 3.05) is 0 Å². The summed E-state index contributed by atoms with van der Waals surface area (Å²) in [7, 11) is 0. The fourth-order valence-electron chi connectivity index (χ4n) is 14.7. The molecule has 1 amide bonds. The van der Waals surface area contributed by atoms with Gasteiger partial charge in [0.05, 0.1) is 23.2 Å². The van der Waals surface area contributed by atoms with Gasteiger partial charge in [-0.05, 0) is 136 Å². The first-order valence-corrected chi connectivity index (χ1v) is 22.4. The van der Waals surface area contributed by atoms with Crippen molar-refractivity contribution < 1.29 is 33.8 Å². The summed E-state index contributed by atoms with van der Waals surface area (Å²) in [6.07, 6.45) is 9.88. The van der Waals surface area contributed by atoms with Crippen LogP contribution in [0.25, 0.3) is 0 Å². The molecule has 7 rings (SSSR count). The number of carbonyl (C=O) groups excluding carboxylic acids is 3. The minimum atomic E-state index is -1.17. The molecule has 58 heavy (non-hydrogen) atoms. The van der Waals surface area contributed by atoms with E-state index >= 15 is 0 Å². The zero-order valence-corrected chi connectivity index (χ0v) is 37.2. The first-order valence-electron chi connectivity index (χ1n) is 22.4. The fraction of sp³-hybridized carbons (Fsp3) is 0.740. The Balaban J connectivity index is 1.10. The minimum absolute atomic E-state index is 0.0341. The van der Waals surface area contributed by atoms with Gasteiger partial charge in [0, 0.05) is 23.0 Å². The van der Waals surface area contributed by atoms with Gasteiger partial charge in [0.15, 0.2) is 0 Å². The number of carbonyl (C=O) groups is 4. The van der Waals surface area contributed by atoms with Gasteiger partial charge in [0.2, 0.25) is 0 Å². The Bertz CT molecular complexity index is 1880. The number of benzene rings is 1. The third kappa shape index (κ3) is 6.46. The summed E-state index contributed by atoms with van der Waals surface area (Å²) in [4.78, 5) is 58.1. The molecule has 1 aromatic rings. The number of amides is 1. The van der Waals surface area contributed by atoms with Gasteiger partial charge in [-0.15, -0.1) is 0 Å². The molecule has 0 bridgehead atoms. The van der Waals surface area contributed by atoms with E-state index in [1.807, 2.05) is 44.2 Å². The molecule has 11 atom stereocenters. The van der Waals surface area contributed by atoms with Crippen molar-refractivity contribution in [2.45, 2.75) is 159 Å². The molecule has 0 spiro atoms. The van der Waals surface area contributed by atoms with Gasteiger partial charge in [-0.25, -0.2) is 4.99 Å². The van der Waals surface area contributed by atoms with Crippen molar-refractivity contribution in [3.8, 4) is 0 Å². The number of carboxylic acids is 1. The van der Waals surface area contributed by atoms with Crippen molar-refractivity contribution in [1.82, 2.24) is 0 Å². The van der Waals surface area contributed by atoms with Gasteiger partial charge in [0.25, 0.3) is 5.91 Å². The van der Waals surface area contributed by atoms with Crippen molar-refractivity contribution in [2.24, 2.45) is 78.4 Å². The van der Waals surface area contributed by atoms with Crippen LogP contribution in [0.4, 0.5) is 0 Å². The molecule has 6 aliphatic rings. The Morgan fingerprint density at radius 1 is 0.845 bits per heavy atom. The molecule has 318 valence electrons. The van der Waals surface area contributed by atoms with Gasteiger partial charge in [-0.2, -0.15) is 0 Å². The van der Waals surface area contributed by atoms with E-state index in [9.17, 15) is 24.3 Å². The highest BCUT2D eigenvalue weighted by molar-refractivity contribution is 6.08. The van der Waals surface area contributed by atoms with Crippen molar-refractivity contribution in [3.63, 3.8) is 0 Å². The average Bonchev–Trinajstić information content (AvgIpc) is 3.55. The van der Waals surface area contributed by atoms with Crippen LogP contribution in [0.2, 0.25) is 0 Å². The van der Waals surface area contributed by atoms with Crippen LogP contribution in [-0.4, -0.2) is 40.7 Å². The number of aliphatic carboxylic acids is 1. The first-order chi connectivity index (χ1) is 27.0. The first kappa shape index (κ1) is 42.8. The predicted molar refractivity (Wildman–Crippen MR) is 225 cm³/mol. The fourth-order valence-corrected chi connectivity index (χ4v) is 14.7. The van der Waals surface area contributed by atoms with Crippen LogP contribution in [0.5, 0.6) is 0 Å². The molecule has 1 N–H and O–H groups in total. The molecule has 6 saturated carbocycles. The van der Waals surface area contributed by atoms with Gasteiger partial charge in [0.1, 0.15) is 12.7 Å². The second-order valence-electron chi connectivity index (χ2n) is 22.5. The number of aliphatic imine (C=N–C) groups is 1. The van der Waals surface area contributed by atoms with Crippen LogP contribution in [-0.2, 0) is 35.3 Å². The molecule has 0 radical (unpaired) electrons. The molecule has 2 unspecified atom stereocenters. The number of nitrogens with zero attached hydrogens (tertiary/aromatic N) is 1. The summed E-state index contributed by atoms with van der Waals surface area (Å²) in [5.74, 6) is -0.179. The largest absolute Gasteiger partial charge is 0.481 e. The maximum atomic E-state index is 14.9. The molecule has 6 aliphatic carbocycles. The van der Waals surface area contributed by atoms with Gasteiger partial charge in [-0.3, -0.25) is 19.2 Å². The maximum Gasteiger partial charge on any atom is 0.310 e. The average molecular weight is 798 g/mol. The molecule has 0 aliphatic heterocycles. The maximum absolute atomic E-state index is 14.9. The lowest BCUT2D eigenvalue weighted by atomic mass is 9.32. The van der Waals surface area contributed by atoms with Gasteiger partial charge in [-0.1, -0.05) is 91.0 Å². The highest BCUT2D eigenvalue weighted by Crippen LogP contribution is 2.77. The van der Waals surface area contributed by atoms with E-state index in [-0.39, 0.29) is 70.4 Å². The third-order valence-corrected chi connectivity index (χ3v) is 18.6. The van der Waals surface area contributed by atoms with Gasteiger partial charge >= 0.3 is 17.9 Å². The highest BCUT2D eigenvalue weighted by atomic mass is 16.5. The van der Waals surface area contributed by atoms with Crippen LogP contribution in [0.1, 0.15) is 152 Å². The highest BCUT2D eigenvalue weighted by Gasteiger charge is 2.72. The molecule has 8 nitrogen and oxygen atoms in total. The summed E-state index contributed by atoms with van der Waals surface area (Å²) < 4.78 is 11.9. The number of carboxylic acid groups (broad SMARTS) is 1. The monoisotopic (exact) mass is 798 g/mol. The molecule has 0 heterocycles. The lowest BCUT2D eigenvalue weighted by Gasteiger charge is -2.72. The van der Waals surface area contributed by atoms with E-state index in [4.69, 9.17) is 14.5 Å². The lowest BCUT2D eigenvalue weighted by Crippen LogP contribution is -2.67. The zero-order valence-electron chi connectivity index (χ0n) is 37.2. The van der Waals surface area contributed by atoms with Crippen molar-refractivity contribution in [1.29, 1.82) is 0 Å². The van der Waals surface area contributed by atoms with Crippen molar-refractivity contribution >= 4 is 29.5 Å². The van der Waals surface area contributed by atoms with E-state index in [0.29, 0.717) is 24.2 Å². The van der Waals surface area contributed by atoms with E-state index in [2.05, 4.69) is 48.1 Å². The van der Waals surface area contributed by atoms with Crippen LogP contribution in [0, 0.1) is 73.4 Å². The van der Waals surface area contributed by atoms with E-state index < -0.39 is 28.2 Å². The Morgan fingerprint density at radius 3 is 2.17 bits per heavy atom. The number of hydrogen-bond acceptors (Lipinski definition) is 6. The second-order valence-corrected chi connectivity index (χ2v) is 22.5. The summed E-state index contributed by atoms with van der Waals surface area (Å²) in [5, 5.41) is 9.64. The lowest BCUT2D eigenvalue weighted by molar-refractivity contribution is -0.249. The number of allylic oxidation sites excluding steroid dienone is 1. The zero-order chi connectivity index (χ0) is 42.4. The molecular formula is C50H71NO7. The quantitative estimate of drug-likeness (QED) is 0.195. The van der Waals surface area contributed by atoms with E-state index in [1.165, 1.54) is 5.57 Å². The molecule has 0 aromatic heterocycles. The Kier molecular flexibility index (Phi) is 10.6. The summed E-state index contributed by atoms with van der Waals surface area (Å²) in [5.41, 5.74) is 0.707. The number of fused-ring (bicyclic) bond motifs is 7. The Labute approximate surface area is 347 Å². The summed E-state index contributed by atoms with van der Waals surface area (Å²) >= 11 is 0. The molecule has 6 fully saturated rings. The van der Waals surface area contributed by atoms with Crippen LogP contribution < -0.4 is 0 Å². The summed E-state index contributed by atoms with van der Waals surface area (Å²) in [6, 6.07) is 9.74. The van der Waals surface area contributed by atoms with Crippen molar-refractivity contribution in [3.05, 3.63) is 48.0 Å². The van der Waals surface area contributed by atoms with Crippen LogP contribution in [0.3, 0.4) is 0 Å². The van der Waals surface area contributed by atoms with Crippen LogP contribution in [0.15, 0.2) is 47.5 Å². The SMILES string of the molecule is C=C(C)[C@@H]1CC[C@]2(C(=O)N=C3C[C@H](C(=O)OCc4ccccc4)C3(C)C)CC[C@]3(C)[C@H](CC[C@@H]4C5(C)CC[C@H](OC(=O)CC(C)(C)C(=O)O)C(C)(C)[C@@H]5CCC43C)[C@@H]12. The standard InChI is InChI=1S/C50H71NO7/c1-30(2)32-19-24-50(42(54)51-37-27-34(45(37,5)6)41(53)57-29-31-15-13-12-14-16-31)26-25-48(10)33(40(32)50)17-18-36-47(9)22-21-38(58-39(52)28-44(3,4)43(55)56)46(7,8)35(47)20-23-49(36,48)11/h12-16,32-36,38,40H,1,17-29H2,2-11H3,(H,55,56)/t32-,33+,34+,35-,36+,38-,40+,47?,48+,49?,50-/m0/s1. The second kappa shape index (κ2) is 14.4. The van der Waals surface area contributed by atoms with E-state index in [1.54, 1.807) is 13.8 Å². The normalized spacial score (nSPS) is 40.4.